The minimum absolute atomic E-state index is 0.0303. The van der Waals surface area contributed by atoms with Crippen molar-refractivity contribution in [1.29, 1.82) is 0 Å². The number of likely N-dealkylation sites (N-methyl/N-ethyl adjacent to an activating group) is 1. The summed E-state index contributed by atoms with van der Waals surface area (Å²) < 4.78 is 28.9. The Bertz CT molecular complexity index is 996. The Kier molecular flexibility index (Phi) is 6.98. The van der Waals surface area contributed by atoms with Crippen molar-refractivity contribution in [1.82, 2.24) is 15.5 Å². The second-order valence-electron chi connectivity index (χ2n) is 8.98. The van der Waals surface area contributed by atoms with Crippen molar-refractivity contribution in [3.63, 3.8) is 0 Å². The molecule has 32 heavy (non-hydrogen) atoms. The molecule has 1 aliphatic rings. The predicted octanol–water partition coefficient (Wildman–Crippen LogP) is 3.14. The monoisotopic (exact) mass is 443 g/mol. The molecule has 0 aromatic heterocycles. The lowest BCUT2D eigenvalue weighted by atomic mass is 9.94. The summed E-state index contributed by atoms with van der Waals surface area (Å²) >= 11 is 0. The van der Waals surface area contributed by atoms with Crippen LogP contribution in [0.3, 0.4) is 0 Å². The number of rotatable bonds is 8. The highest BCUT2D eigenvalue weighted by molar-refractivity contribution is 5.94. The van der Waals surface area contributed by atoms with Crippen molar-refractivity contribution < 1.29 is 18.4 Å². The minimum atomic E-state index is -0.771. The molecule has 5 nitrogen and oxygen atoms in total. The third-order valence-electron chi connectivity index (χ3n) is 6.97. The maximum Gasteiger partial charge on any atom is 0.254 e. The summed E-state index contributed by atoms with van der Waals surface area (Å²) in [6, 6.07) is 11.8. The first-order chi connectivity index (χ1) is 15.1. The molecule has 2 N–H and O–H groups in total. The molecule has 7 heteroatoms. The van der Waals surface area contributed by atoms with Crippen molar-refractivity contribution in [2.24, 2.45) is 11.8 Å². The van der Waals surface area contributed by atoms with E-state index in [9.17, 15) is 18.4 Å². The van der Waals surface area contributed by atoms with Crippen LogP contribution in [0.1, 0.15) is 35.3 Å². The maximum absolute atomic E-state index is 14.6. The number of nitrogens with one attached hydrogen (secondary N) is 2. The van der Waals surface area contributed by atoms with Crippen LogP contribution in [0.4, 0.5) is 8.78 Å². The van der Waals surface area contributed by atoms with Crippen LogP contribution >= 0.6 is 0 Å². The summed E-state index contributed by atoms with van der Waals surface area (Å²) in [6.07, 6.45) is 0.195. The van der Waals surface area contributed by atoms with Crippen LogP contribution in [-0.2, 0) is 16.6 Å². The summed E-state index contributed by atoms with van der Waals surface area (Å²) in [5.41, 5.74) is 0.776. The molecule has 1 unspecified atom stereocenters. The van der Waals surface area contributed by atoms with E-state index in [4.69, 9.17) is 0 Å². The summed E-state index contributed by atoms with van der Waals surface area (Å²) in [5, 5.41) is 5.31. The van der Waals surface area contributed by atoms with E-state index in [1.165, 1.54) is 7.05 Å². The van der Waals surface area contributed by atoms with Gasteiger partial charge in [-0.1, -0.05) is 44.2 Å². The number of nitrogens with zero attached hydrogens (tertiary/aromatic N) is 1. The van der Waals surface area contributed by atoms with Gasteiger partial charge in [-0.3, -0.25) is 9.59 Å². The molecule has 4 atom stereocenters. The Hall–Kier alpha value is -2.80. The van der Waals surface area contributed by atoms with E-state index in [1.54, 1.807) is 0 Å². The lowest BCUT2D eigenvalue weighted by Gasteiger charge is -2.25. The van der Waals surface area contributed by atoms with E-state index in [0.717, 1.165) is 17.7 Å². The topological polar surface area (TPSA) is 61.4 Å². The Morgan fingerprint density at radius 2 is 1.78 bits per heavy atom. The molecule has 0 radical (unpaired) electrons. The molecular formula is C25H31F2N3O2. The normalized spacial score (nSPS) is 23.0. The van der Waals surface area contributed by atoms with Crippen LogP contribution in [0.25, 0.3) is 0 Å². The van der Waals surface area contributed by atoms with Crippen molar-refractivity contribution in [2.75, 3.05) is 27.7 Å². The van der Waals surface area contributed by atoms with Gasteiger partial charge in [-0.25, -0.2) is 8.78 Å². The molecule has 2 aromatic carbocycles. The summed E-state index contributed by atoms with van der Waals surface area (Å²) in [5.74, 6) is -2.04. The van der Waals surface area contributed by atoms with Crippen LogP contribution in [-0.4, -0.2) is 50.4 Å². The lowest BCUT2D eigenvalue weighted by molar-refractivity contribution is -0.123. The average Bonchev–Trinajstić information content (AvgIpc) is 3.34. The molecule has 0 heterocycles. The van der Waals surface area contributed by atoms with Gasteiger partial charge in [0.25, 0.3) is 5.91 Å². The standard InChI is InChI=1S/C25H31F2N3O2/c1-15-22(25(15,2)17-9-7-6-8-10-17)24(32)29-14-18(30(4)5)11-16-12-21(27)19(13-20(16)26)23(31)28-3/h6-10,12-13,15,18,22H,11,14H2,1-5H3,(H,28,31)(H,29,32)/t15-,18-,22-,25?/m0/s1. The molecule has 0 aliphatic heterocycles. The van der Waals surface area contributed by atoms with E-state index in [-0.39, 0.29) is 46.7 Å². The van der Waals surface area contributed by atoms with E-state index in [1.807, 2.05) is 49.3 Å². The molecule has 1 fully saturated rings. The molecule has 0 saturated heterocycles. The zero-order valence-electron chi connectivity index (χ0n) is 19.2. The summed E-state index contributed by atoms with van der Waals surface area (Å²) in [7, 11) is 5.03. The van der Waals surface area contributed by atoms with Gasteiger partial charge in [0, 0.05) is 25.0 Å². The van der Waals surface area contributed by atoms with Gasteiger partial charge >= 0.3 is 0 Å². The van der Waals surface area contributed by atoms with Gasteiger partial charge in [0.2, 0.25) is 5.91 Å². The first kappa shape index (κ1) is 23.9. The summed E-state index contributed by atoms with van der Waals surface area (Å²) in [4.78, 5) is 26.5. The van der Waals surface area contributed by atoms with Crippen LogP contribution in [0.2, 0.25) is 0 Å². The van der Waals surface area contributed by atoms with Crippen molar-refractivity contribution in [2.45, 2.75) is 31.7 Å². The largest absolute Gasteiger partial charge is 0.355 e. The van der Waals surface area contributed by atoms with Crippen LogP contribution in [0.5, 0.6) is 0 Å². The highest BCUT2D eigenvalue weighted by Crippen LogP contribution is 2.59. The first-order valence-corrected chi connectivity index (χ1v) is 10.8. The van der Waals surface area contributed by atoms with E-state index in [2.05, 4.69) is 24.5 Å². The van der Waals surface area contributed by atoms with Crippen LogP contribution < -0.4 is 10.6 Å². The lowest BCUT2D eigenvalue weighted by Crippen LogP contribution is -2.42. The molecule has 2 amide bonds. The maximum atomic E-state index is 14.6. The van der Waals surface area contributed by atoms with Gasteiger partial charge in [-0.2, -0.15) is 0 Å². The number of carbonyl (C=O) groups excluding carboxylic acids is 2. The predicted molar refractivity (Wildman–Crippen MR) is 120 cm³/mol. The molecule has 1 aliphatic carbocycles. The highest BCUT2D eigenvalue weighted by Gasteiger charge is 2.62. The van der Waals surface area contributed by atoms with Crippen molar-refractivity contribution in [3.05, 3.63) is 70.8 Å². The Balaban J connectivity index is 1.68. The van der Waals surface area contributed by atoms with Crippen LogP contribution in [0.15, 0.2) is 42.5 Å². The number of carbonyl (C=O) groups is 2. The minimum Gasteiger partial charge on any atom is -0.355 e. The zero-order valence-corrected chi connectivity index (χ0v) is 19.2. The highest BCUT2D eigenvalue weighted by atomic mass is 19.1. The van der Waals surface area contributed by atoms with Gasteiger partial charge < -0.3 is 15.5 Å². The Morgan fingerprint density at radius 1 is 1.12 bits per heavy atom. The molecule has 3 rings (SSSR count). The molecule has 172 valence electrons. The number of amides is 2. The van der Waals surface area contributed by atoms with Gasteiger partial charge in [0.1, 0.15) is 11.6 Å². The Morgan fingerprint density at radius 3 is 2.38 bits per heavy atom. The molecular weight excluding hydrogens is 412 g/mol. The van der Waals surface area contributed by atoms with Gasteiger partial charge in [0.15, 0.2) is 0 Å². The Labute approximate surface area is 188 Å². The van der Waals surface area contributed by atoms with Gasteiger partial charge in [-0.05, 0) is 49.7 Å². The van der Waals surface area contributed by atoms with E-state index >= 15 is 0 Å². The number of hydrogen-bond acceptors (Lipinski definition) is 3. The zero-order chi connectivity index (χ0) is 23.6. The smallest absolute Gasteiger partial charge is 0.254 e. The van der Waals surface area contributed by atoms with Gasteiger partial charge in [0.05, 0.1) is 11.5 Å². The van der Waals surface area contributed by atoms with Crippen molar-refractivity contribution in [3.8, 4) is 0 Å². The fourth-order valence-electron chi connectivity index (χ4n) is 4.54. The van der Waals surface area contributed by atoms with Crippen molar-refractivity contribution >= 4 is 11.8 Å². The number of halogens is 2. The SMILES string of the molecule is CNC(=O)c1cc(F)c(C[C@@H](CNC(=O)[C@@H]2[C@H](C)C2(C)c2ccccc2)N(C)C)cc1F. The number of benzene rings is 2. The fraction of sp³-hybridized carbons (Fsp3) is 0.440. The summed E-state index contributed by atoms with van der Waals surface area (Å²) in [6.45, 7) is 4.48. The first-order valence-electron chi connectivity index (χ1n) is 10.8. The third-order valence-corrected chi connectivity index (χ3v) is 6.97. The van der Waals surface area contributed by atoms with E-state index < -0.39 is 17.5 Å². The fourth-order valence-corrected chi connectivity index (χ4v) is 4.54. The number of hydrogen-bond donors (Lipinski definition) is 2. The molecule has 2 aromatic rings. The quantitative estimate of drug-likeness (QED) is 0.659. The second-order valence-corrected chi connectivity index (χ2v) is 8.98. The molecule has 0 bridgehead atoms. The second kappa shape index (κ2) is 9.36. The van der Waals surface area contributed by atoms with Crippen LogP contribution in [0, 0.1) is 23.5 Å². The molecule has 1 saturated carbocycles. The average molecular weight is 444 g/mol. The van der Waals surface area contributed by atoms with E-state index in [0.29, 0.717) is 6.54 Å². The molecule has 0 spiro atoms. The van der Waals surface area contributed by atoms with Gasteiger partial charge in [-0.15, -0.1) is 0 Å². The third kappa shape index (κ3) is 4.53.